The predicted molar refractivity (Wildman–Crippen MR) is 68.4 cm³/mol. The molecular weight excluding hydrogens is 256 g/mol. The van der Waals surface area contributed by atoms with Crippen LogP contribution >= 0.6 is 11.6 Å². The third-order valence-corrected chi connectivity index (χ3v) is 3.08. The average Bonchev–Trinajstić information content (AvgIpc) is 2.41. The van der Waals surface area contributed by atoms with Crippen LogP contribution in [0.1, 0.15) is 11.7 Å². The number of phenolic OH excluding ortho intramolecular Hbond substituents is 1. The molecule has 2 unspecified atom stereocenters. The lowest BCUT2D eigenvalue weighted by Crippen LogP contribution is -2.27. The summed E-state index contributed by atoms with van der Waals surface area (Å²) in [4.78, 5) is 4.01. The number of aliphatic hydroxyl groups is 2. The number of hydrogen-bond donors (Lipinski definition) is 4. The van der Waals surface area contributed by atoms with E-state index in [2.05, 4.69) is 4.98 Å². The summed E-state index contributed by atoms with van der Waals surface area (Å²) in [6.07, 6.45) is -0.972. The lowest BCUT2D eigenvalue weighted by molar-refractivity contribution is 0.0231. The van der Waals surface area contributed by atoms with E-state index in [0.717, 1.165) is 0 Å². The highest BCUT2D eigenvalue weighted by atomic mass is 35.5. The van der Waals surface area contributed by atoms with Crippen molar-refractivity contribution < 1.29 is 15.3 Å². The molecule has 0 radical (unpaired) electrons. The molecule has 2 rings (SSSR count). The van der Waals surface area contributed by atoms with Crippen LogP contribution in [0.15, 0.2) is 24.4 Å². The minimum absolute atomic E-state index is 0.115. The molecule has 96 valence electrons. The predicted octanol–water partition coefficient (Wildman–Crippen LogP) is 0.947. The van der Waals surface area contributed by atoms with Crippen molar-refractivity contribution in [1.82, 2.24) is 4.98 Å². The second-order valence-electron chi connectivity index (χ2n) is 3.94. The molecule has 5 N–H and O–H groups in total. The Hall–Kier alpha value is -1.40. The lowest BCUT2D eigenvalue weighted by Gasteiger charge is -2.18. The molecule has 5 nitrogen and oxygen atoms in total. The number of fused-ring (bicyclic) bond motifs is 1. The Morgan fingerprint density at radius 3 is 2.78 bits per heavy atom. The van der Waals surface area contributed by atoms with Gasteiger partial charge >= 0.3 is 0 Å². The minimum Gasteiger partial charge on any atom is -0.505 e. The summed E-state index contributed by atoms with van der Waals surface area (Å²) in [6.45, 7) is -0.127. The zero-order chi connectivity index (χ0) is 13.3. The molecule has 2 aromatic rings. The van der Waals surface area contributed by atoms with Crippen molar-refractivity contribution in [3.05, 3.63) is 35.0 Å². The number of rotatable bonds is 3. The molecule has 0 fully saturated rings. The fourth-order valence-electron chi connectivity index (χ4n) is 1.77. The van der Waals surface area contributed by atoms with E-state index in [1.54, 1.807) is 12.1 Å². The van der Waals surface area contributed by atoms with E-state index >= 15 is 0 Å². The Kier molecular flexibility index (Phi) is 3.68. The molecule has 1 aromatic heterocycles. The quantitative estimate of drug-likeness (QED) is 0.664. The van der Waals surface area contributed by atoms with Gasteiger partial charge < -0.3 is 21.1 Å². The highest BCUT2D eigenvalue weighted by Gasteiger charge is 2.23. The molecular formula is C12H13ClN2O3. The normalized spacial score (nSPS) is 14.7. The monoisotopic (exact) mass is 268 g/mol. The summed E-state index contributed by atoms with van der Waals surface area (Å²) in [5, 5.41) is 30.4. The Morgan fingerprint density at radius 2 is 2.11 bits per heavy atom. The molecule has 6 heteroatoms. The molecule has 0 spiro atoms. The van der Waals surface area contributed by atoms with Crippen molar-refractivity contribution in [3.63, 3.8) is 0 Å². The van der Waals surface area contributed by atoms with Crippen LogP contribution in [-0.4, -0.2) is 33.0 Å². The number of aliphatic hydroxyl groups excluding tert-OH is 2. The zero-order valence-corrected chi connectivity index (χ0v) is 10.2. The summed E-state index contributed by atoms with van der Waals surface area (Å²) in [7, 11) is 0. The second-order valence-corrected chi connectivity index (χ2v) is 4.35. The van der Waals surface area contributed by atoms with E-state index in [-0.39, 0.29) is 23.4 Å². The Bertz CT molecular complexity index is 576. The van der Waals surface area contributed by atoms with Gasteiger partial charge in [-0.05, 0) is 18.2 Å². The van der Waals surface area contributed by atoms with Gasteiger partial charge in [0.1, 0.15) is 17.4 Å². The lowest BCUT2D eigenvalue weighted by atomic mass is 10.0. The molecule has 1 aromatic carbocycles. The number of halogens is 1. The van der Waals surface area contributed by atoms with Crippen LogP contribution < -0.4 is 5.73 Å². The smallest absolute Gasteiger partial charge is 0.147 e. The van der Waals surface area contributed by atoms with Gasteiger partial charge in [0, 0.05) is 23.7 Å². The molecule has 0 aliphatic rings. The Labute approximate surface area is 108 Å². The first kappa shape index (κ1) is 13.0. The molecule has 0 bridgehead atoms. The molecule has 1 heterocycles. The number of nitrogens with zero attached hydrogens (tertiary/aromatic N) is 1. The molecule has 0 saturated heterocycles. The maximum atomic E-state index is 10.1. The maximum absolute atomic E-state index is 10.1. The van der Waals surface area contributed by atoms with Gasteiger partial charge in [-0.25, -0.2) is 0 Å². The van der Waals surface area contributed by atoms with Gasteiger partial charge in [-0.2, -0.15) is 0 Å². The number of phenols is 1. The maximum Gasteiger partial charge on any atom is 0.147 e. The Morgan fingerprint density at radius 1 is 1.39 bits per heavy atom. The first-order valence-corrected chi connectivity index (χ1v) is 5.76. The zero-order valence-electron chi connectivity index (χ0n) is 9.42. The van der Waals surface area contributed by atoms with Gasteiger partial charge in [-0.1, -0.05) is 11.6 Å². The van der Waals surface area contributed by atoms with Crippen molar-refractivity contribution in [2.45, 2.75) is 12.2 Å². The van der Waals surface area contributed by atoms with Gasteiger partial charge in [-0.3, -0.25) is 4.98 Å². The fourth-order valence-corrected chi connectivity index (χ4v) is 2.04. The topological polar surface area (TPSA) is 99.6 Å². The number of hydrogen-bond acceptors (Lipinski definition) is 5. The van der Waals surface area contributed by atoms with Gasteiger partial charge in [0.2, 0.25) is 0 Å². The standard InChI is InChI=1S/C12H13ClN2O3/c13-8-4-7(11(17)9(16)5-14)12(18)10-6(8)2-1-3-15-10/h1-4,9,11,16-18H,5,14H2. The number of pyridine rings is 1. The van der Waals surface area contributed by atoms with E-state index in [0.29, 0.717) is 10.4 Å². The first-order chi connectivity index (χ1) is 8.56. The van der Waals surface area contributed by atoms with Gasteiger partial charge in [0.15, 0.2) is 0 Å². The Balaban J connectivity index is 2.63. The van der Waals surface area contributed by atoms with Gasteiger partial charge in [0.25, 0.3) is 0 Å². The van der Waals surface area contributed by atoms with Crippen molar-refractivity contribution >= 4 is 22.5 Å². The SMILES string of the molecule is NCC(O)C(O)c1cc(Cl)c2cccnc2c1O. The van der Waals surface area contributed by atoms with Gasteiger partial charge in [0.05, 0.1) is 11.1 Å². The van der Waals surface area contributed by atoms with Crippen molar-refractivity contribution in [3.8, 4) is 5.75 Å². The van der Waals surface area contributed by atoms with Crippen molar-refractivity contribution in [2.75, 3.05) is 6.54 Å². The van der Waals surface area contributed by atoms with E-state index in [1.807, 2.05) is 0 Å². The summed E-state index contributed by atoms with van der Waals surface area (Å²) in [5.74, 6) is -0.199. The average molecular weight is 269 g/mol. The largest absolute Gasteiger partial charge is 0.505 e. The fraction of sp³-hybridized carbons (Fsp3) is 0.250. The summed E-state index contributed by atoms with van der Waals surface area (Å²) in [6, 6.07) is 4.81. The minimum atomic E-state index is -1.31. The summed E-state index contributed by atoms with van der Waals surface area (Å²) in [5.41, 5.74) is 5.67. The molecule has 0 aliphatic heterocycles. The van der Waals surface area contributed by atoms with Gasteiger partial charge in [-0.15, -0.1) is 0 Å². The second kappa shape index (κ2) is 5.07. The van der Waals surface area contributed by atoms with Crippen molar-refractivity contribution in [2.24, 2.45) is 5.73 Å². The van der Waals surface area contributed by atoms with Crippen LogP contribution in [0.2, 0.25) is 5.02 Å². The van der Waals surface area contributed by atoms with Crippen LogP contribution in [0.4, 0.5) is 0 Å². The van der Waals surface area contributed by atoms with Crippen LogP contribution in [-0.2, 0) is 0 Å². The number of benzene rings is 1. The number of aromatic hydroxyl groups is 1. The summed E-state index contributed by atoms with van der Waals surface area (Å²) < 4.78 is 0. The molecule has 0 amide bonds. The van der Waals surface area contributed by atoms with Crippen LogP contribution in [0.3, 0.4) is 0 Å². The number of aromatic nitrogens is 1. The highest BCUT2D eigenvalue weighted by Crippen LogP contribution is 2.36. The summed E-state index contributed by atoms with van der Waals surface area (Å²) >= 11 is 6.05. The third kappa shape index (κ3) is 2.13. The van der Waals surface area contributed by atoms with E-state index in [9.17, 15) is 15.3 Å². The molecule has 0 saturated carbocycles. The van der Waals surface area contributed by atoms with E-state index in [1.165, 1.54) is 12.3 Å². The first-order valence-electron chi connectivity index (χ1n) is 5.38. The van der Waals surface area contributed by atoms with E-state index in [4.69, 9.17) is 17.3 Å². The van der Waals surface area contributed by atoms with Crippen molar-refractivity contribution in [1.29, 1.82) is 0 Å². The third-order valence-electron chi connectivity index (χ3n) is 2.77. The number of nitrogens with two attached hydrogens (primary N) is 1. The highest BCUT2D eigenvalue weighted by molar-refractivity contribution is 6.35. The molecule has 18 heavy (non-hydrogen) atoms. The molecule has 0 aliphatic carbocycles. The van der Waals surface area contributed by atoms with Crippen LogP contribution in [0.5, 0.6) is 5.75 Å². The van der Waals surface area contributed by atoms with Crippen LogP contribution in [0, 0.1) is 0 Å². The molecule has 2 atom stereocenters. The van der Waals surface area contributed by atoms with E-state index < -0.39 is 12.2 Å². The van der Waals surface area contributed by atoms with Crippen LogP contribution in [0.25, 0.3) is 10.9 Å².